The van der Waals surface area contributed by atoms with Crippen LogP contribution >= 0.6 is 11.8 Å². The largest absolute Gasteiger partial charge is 0.368 e. The lowest BCUT2D eigenvalue weighted by molar-refractivity contribution is -0.118. The molecule has 1 amide bonds. The molecule has 1 aromatic carbocycles. The zero-order chi connectivity index (χ0) is 21.4. The molecule has 2 heterocycles. The van der Waals surface area contributed by atoms with Crippen LogP contribution in [0.1, 0.15) is 51.9 Å². The molecule has 2 N–H and O–H groups in total. The molecule has 4 rings (SSSR count). The van der Waals surface area contributed by atoms with E-state index < -0.39 is 5.91 Å². The summed E-state index contributed by atoms with van der Waals surface area (Å²) in [5.41, 5.74) is 10.2. The zero-order valence-electron chi connectivity index (χ0n) is 17.4. The number of rotatable bonds is 8. The minimum atomic E-state index is -0.438. The summed E-state index contributed by atoms with van der Waals surface area (Å²) in [5.74, 6) is 0.941. The van der Waals surface area contributed by atoms with Gasteiger partial charge in [-0.1, -0.05) is 23.9 Å². The second-order valence-corrected chi connectivity index (χ2v) is 8.78. The smallest absolute Gasteiger partial charge is 0.237 e. The maximum absolute atomic E-state index is 13.0. The minimum absolute atomic E-state index is 0.0219. The highest BCUT2D eigenvalue weighted by atomic mass is 32.2. The van der Waals surface area contributed by atoms with Gasteiger partial charge < -0.3 is 10.3 Å². The van der Waals surface area contributed by atoms with Crippen LogP contribution in [0.15, 0.2) is 35.5 Å². The number of benzene rings is 1. The summed E-state index contributed by atoms with van der Waals surface area (Å²) < 4.78 is 3.86. The summed E-state index contributed by atoms with van der Waals surface area (Å²) in [4.78, 5) is 24.5. The third-order valence-electron chi connectivity index (χ3n) is 5.33. The van der Waals surface area contributed by atoms with Crippen LogP contribution < -0.4 is 5.73 Å². The van der Waals surface area contributed by atoms with Crippen LogP contribution in [0.4, 0.5) is 0 Å². The summed E-state index contributed by atoms with van der Waals surface area (Å²) in [6.07, 6.45) is 2.09. The van der Waals surface area contributed by atoms with Crippen molar-refractivity contribution in [3.63, 3.8) is 0 Å². The van der Waals surface area contributed by atoms with Crippen molar-refractivity contribution < 1.29 is 9.59 Å². The molecule has 0 unspecified atom stereocenters. The number of ketones is 1. The molecule has 2 aromatic heterocycles. The van der Waals surface area contributed by atoms with E-state index in [9.17, 15) is 9.59 Å². The molecule has 0 spiro atoms. The summed E-state index contributed by atoms with van der Waals surface area (Å²) in [6, 6.07) is 10.2. The molecule has 0 bridgehead atoms. The van der Waals surface area contributed by atoms with Crippen LogP contribution in [0, 0.1) is 20.8 Å². The summed E-state index contributed by atoms with van der Waals surface area (Å²) in [5, 5.41) is 9.01. The number of aryl methyl sites for hydroxylation is 2. The maximum atomic E-state index is 13.0. The molecule has 3 aromatic rings. The van der Waals surface area contributed by atoms with E-state index >= 15 is 0 Å². The first-order valence-electron chi connectivity index (χ1n) is 9.98. The van der Waals surface area contributed by atoms with Crippen molar-refractivity contribution in [2.45, 2.75) is 51.2 Å². The topological polar surface area (TPSA) is 95.8 Å². The second kappa shape index (κ2) is 8.10. The van der Waals surface area contributed by atoms with Crippen molar-refractivity contribution in [2.24, 2.45) is 5.73 Å². The molecule has 1 aliphatic carbocycles. The Bertz CT molecular complexity index is 1130. The van der Waals surface area contributed by atoms with E-state index in [2.05, 4.69) is 33.8 Å². The van der Waals surface area contributed by atoms with Gasteiger partial charge in [-0.25, -0.2) is 0 Å². The monoisotopic (exact) mass is 423 g/mol. The van der Waals surface area contributed by atoms with Crippen molar-refractivity contribution in [3.8, 4) is 5.69 Å². The van der Waals surface area contributed by atoms with E-state index in [0.29, 0.717) is 16.6 Å². The molecule has 156 valence electrons. The van der Waals surface area contributed by atoms with E-state index in [1.54, 1.807) is 4.57 Å². The fourth-order valence-corrected chi connectivity index (χ4v) is 4.60. The number of nitrogens with zero attached hydrogens (tertiary/aromatic N) is 4. The number of Topliss-reactive ketones (excluding diaryl/α,β-unsaturated/α-hetero) is 1. The van der Waals surface area contributed by atoms with Crippen molar-refractivity contribution in [1.29, 1.82) is 0 Å². The van der Waals surface area contributed by atoms with E-state index in [-0.39, 0.29) is 18.1 Å². The van der Waals surface area contributed by atoms with E-state index in [0.717, 1.165) is 35.7 Å². The van der Waals surface area contributed by atoms with E-state index in [1.807, 2.05) is 32.0 Å². The molecule has 1 saturated carbocycles. The second-order valence-electron chi connectivity index (χ2n) is 7.84. The normalized spacial score (nSPS) is 13.6. The lowest BCUT2D eigenvalue weighted by Crippen LogP contribution is -2.21. The highest BCUT2D eigenvalue weighted by Crippen LogP contribution is 2.40. The van der Waals surface area contributed by atoms with Gasteiger partial charge in [-0.2, -0.15) is 0 Å². The summed E-state index contributed by atoms with van der Waals surface area (Å²) in [6.45, 7) is 6.06. The third-order valence-corrected chi connectivity index (χ3v) is 6.29. The van der Waals surface area contributed by atoms with Crippen LogP contribution in [-0.2, 0) is 11.3 Å². The Balaban J connectivity index is 1.54. The Hall–Kier alpha value is -2.87. The molecule has 1 fully saturated rings. The van der Waals surface area contributed by atoms with E-state index in [4.69, 9.17) is 5.73 Å². The predicted octanol–water partition coefficient (Wildman–Crippen LogP) is 3.33. The van der Waals surface area contributed by atoms with Gasteiger partial charge in [-0.15, -0.1) is 10.2 Å². The number of amides is 1. The van der Waals surface area contributed by atoms with Crippen LogP contribution in [0.5, 0.6) is 0 Å². The molecule has 7 nitrogen and oxygen atoms in total. The van der Waals surface area contributed by atoms with Gasteiger partial charge in [-0.3, -0.25) is 14.2 Å². The number of primary amides is 1. The van der Waals surface area contributed by atoms with Gasteiger partial charge in [0.05, 0.1) is 5.75 Å². The lowest BCUT2D eigenvalue weighted by atomic mass is 10.2. The standard InChI is InChI=1S/C22H25N5O2S/c1-13-5-4-6-17(9-13)27-14(2)10-18(15(27)3)19(28)12-30-22-25-24-21(16-7-8-16)26(22)11-20(23)29/h4-6,9-10,16H,7-8,11-12H2,1-3H3,(H2,23,29). The minimum Gasteiger partial charge on any atom is -0.368 e. The average molecular weight is 424 g/mol. The number of carbonyl (C=O) groups is 2. The lowest BCUT2D eigenvalue weighted by Gasteiger charge is -2.11. The van der Waals surface area contributed by atoms with Crippen molar-refractivity contribution in [3.05, 3.63) is 58.7 Å². The molecule has 0 radical (unpaired) electrons. The Kier molecular flexibility index (Phi) is 5.51. The van der Waals surface area contributed by atoms with Crippen LogP contribution in [0.3, 0.4) is 0 Å². The molecule has 0 saturated heterocycles. The highest BCUT2D eigenvalue weighted by molar-refractivity contribution is 7.99. The highest BCUT2D eigenvalue weighted by Gasteiger charge is 2.31. The van der Waals surface area contributed by atoms with Gasteiger partial charge >= 0.3 is 0 Å². The van der Waals surface area contributed by atoms with Crippen molar-refractivity contribution in [1.82, 2.24) is 19.3 Å². The zero-order valence-corrected chi connectivity index (χ0v) is 18.2. The van der Waals surface area contributed by atoms with Gasteiger partial charge in [-0.05, 0) is 57.4 Å². The first kappa shape index (κ1) is 20.4. The Morgan fingerprint density at radius 1 is 1.17 bits per heavy atom. The van der Waals surface area contributed by atoms with E-state index in [1.165, 1.54) is 17.3 Å². The number of thioether (sulfide) groups is 1. The van der Waals surface area contributed by atoms with Crippen molar-refractivity contribution in [2.75, 3.05) is 5.75 Å². The summed E-state index contributed by atoms with van der Waals surface area (Å²) >= 11 is 1.30. The van der Waals surface area contributed by atoms with Crippen LogP contribution in [0.25, 0.3) is 5.69 Å². The van der Waals surface area contributed by atoms with Gasteiger partial charge in [0.1, 0.15) is 12.4 Å². The van der Waals surface area contributed by atoms with Gasteiger partial charge in [0.2, 0.25) is 5.91 Å². The molecule has 8 heteroatoms. The van der Waals surface area contributed by atoms with Crippen molar-refractivity contribution >= 4 is 23.5 Å². The first-order valence-corrected chi connectivity index (χ1v) is 11.0. The van der Waals surface area contributed by atoms with Gasteiger partial charge in [0, 0.05) is 28.6 Å². The average Bonchev–Trinajstić information content (AvgIpc) is 3.39. The summed E-state index contributed by atoms with van der Waals surface area (Å²) in [7, 11) is 0. The maximum Gasteiger partial charge on any atom is 0.237 e. The van der Waals surface area contributed by atoms with Crippen LogP contribution in [-0.4, -0.2) is 36.8 Å². The number of aromatic nitrogens is 4. The Morgan fingerprint density at radius 3 is 2.60 bits per heavy atom. The number of nitrogens with two attached hydrogens (primary N) is 1. The quantitative estimate of drug-likeness (QED) is 0.443. The third kappa shape index (κ3) is 4.05. The SMILES string of the molecule is Cc1cccc(-n2c(C)cc(C(=O)CSc3nnc(C4CC4)n3CC(N)=O)c2C)c1. The first-order chi connectivity index (χ1) is 14.3. The fourth-order valence-electron chi connectivity index (χ4n) is 3.77. The predicted molar refractivity (Wildman–Crippen MR) is 116 cm³/mol. The van der Waals surface area contributed by atoms with Gasteiger partial charge in [0.15, 0.2) is 10.9 Å². The molecule has 1 aliphatic rings. The van der Waals surface area contributed by atoms with Crippen LogP contribution in [0.2, 0.25) is 0 Å². The number of carbonyl (C=O) groups excluding carboxylic acids is 2. The molecule has 0 aliphatic heterocycles. The number of hydrogen-bond donors (Lipinski definition) is 1. The fraction of sp³-hybridized carbons (Fsp3) is 0.364. The molecule has 0 atom stereocenters. The Labute approximate surface area is 179 Å². The van der Waals surface area contributed by atoms with Gasteiger partial charge in [0.25, 0.3) is 0 Å². The molecular weight excluding hydrogens is 398 g/mol. The Morgan fingerprint density at radius 2 is 1.93 bits per heavy atom. The molecule has 30 heavy (non-hydrogen) atoms. The molecular formula is C22H25N5O2S. The number of hydrogen-bond acceptors (Lipinski definition) is 5.